The predicted octanol–water partition coefficient (Wildman–Crippen LogP) is 4.80. The Bertz CT molecular complexity index is 508. The van der Waals surface area contributed by atoms with Crippen molar-refractivity contribution in [2.45, 2.75) is 45.1 Å². The summed E-state index contributed by atoms with van der Waals surface area (Å²) in [5.41, 5.74) is 2.73. The number of halogens is 1. The summed E-state index contributed by atoms with van der Waals surface area (Å²) in [6.07, 6.45) is 10.1. The van der Waals surface area contributed by atoms with Crippen LogP contribution in [0.5, 0.6) is 5.75 Å². The number of unbranched alkanes of at least 4 members (excludes halogenated alkanes) is 2. The summed E-state index contributed by atoms with van der Waals surface area (Å²) in [7, 11) is 1.74. The molecule has 0 aromatic heterocycles. The van der Waals surface area contributed by atoms with E-state index in [-0.39, 0.29) is 0 Å². The van der Waals surface area contributed by atoms with E-state index in [0.717, 1.165) is 12.2 Å². The lowest BCUT2D eigenvalue weighted by molar-refractivity contribution is 0.408. The highest BCUT2D eigenvalue weighted by atomic mass is 127. The molecule has 0 spiro atoms. The van der Waals surface area contributed by atoms with E-state index in [0.29, 0.717) is 6.04 Å². The van der Waals surface area contributed by atoms with Crippen LogP contribution in [0.25, 0.3) is 0 Å². The van der Waals surface area contributed by atoms with Gasteiger partial charge in [0.2, 0.25) is 0 Å². The van der Waals surface area contributed by atoms with Crippen LogP contribution in [0.2, 0.25) is 0 Å². The van der Waals surface area contributed by atoms with Crippen LogP contribution in [-0.4, -0.2) is 19.4 Å². The number of benzene rings is 1. The molecule has 1 aromatic carbocycles. The maximum absolute atomic E-state index is 5.47. The average Bonchev–Trinajstić information content (AvgIpc) is 2.87. The molecule has 1 atom stereocenters. The van der Waals surface area contributed by atoms with Gasteiger partial charge < -0.3 is 4.74 Å². The van der Waals surface area contributed by atoms with Crippen LogP contribution in [0.1, 0.15) is 38.2 Å². The van der Waals surface area contributed by atoms with E-state index in [1.165, 1.54) is 40.4 Å². The molecule has 0 aliphatic carbocycles. The minimum Gasteiger partial charge on any atom is -0.496 e. The average molecular weight is 383 g/mol. The van der Waals surface area contributed by atoms with Crippen LogP contribution in [0.15, 0.2) is 34.8 Å². The number of aliphatic imine (C=N–C) groups is 1. The molecule has 0 bridgehead atoms. The highest BCUT2D eigenvalue weighted by Crippen LogP contribution is 2.27. The molecule has 3 heteroatoms. The van der Waals surface area contributed by atoms with Crippen molar-refractivity contribution < 1.29 is 4.74 Å². The van der Waals surface area contributed by atoms with Crippen molar-refractivity contribution in [2.75, 3.05) is 7.11 Å². The van der Waals surface area contributed by atoms with Crippen LogP contribution in [-0.2, 0) is 6.42 Å². The van der Waals surface area contributed by atoms with Gasteiger partial charge in [0.05, 0.1) is 13.2 Å². The minimum absolute atomic E-state index is 0.305. The van der Waals surface area contributed by atoms with Crippen LogP contribution >= 0.6 is 22.6 Å². The molecule has 1 aliphatic rings. The molecular weight excluding hydrogens is 361 g/mol. The van der Waals surface area contributed by atoms with Crippen molar-refractivity contribution in [3.63, 3.8) is 0 Å². The first-order valence-electron chi connectivity index (χ1n) is 7.29. The number of allylic oxidation sites excluding steroid dienone is 1. The molecule has 2 rings (SSSR count). The molecule has 0 amide bonds. The van der Waals surface area contributed by atoms with Gasteiger partial charge in [0, 0.05) is 16.2 Å². The third kappa shape index (κ3) is 4.08. The van der Waals surface area contributed by atoms with E-state index in [2.05, 4.69) is 58.8 Å². The molecule has 20 heavy (non-hydrogen) atoms. The number of rotatable bonds is 7. The van der Waals surface area contributed by atoms with E-state index >= 15 is 0 Å². The number of nitrogens with zero attached hydrogens (tertiary/aromatic N) is 1. The smallest absolute Gasteiger partial charge is 0.122 e. The Morgan fingerprint density at radius 2 is 2.15 bits per heavy atom. The molecule has 0 saturated heterocycles. The molecule has 0 N–H and O–H groups in total. The number of methoxy groups -OCH3 is 1. The van der Waals surface area contributed by atoms with Gasteiger partial charge in [-0.2, -0.15) is 0 Å². The summed E-state index contributed by atoms with van der Waals surface area (Å²) < 4.78 is 6.72. The lowest BCUT2D eigenvalue weighted by Crippen LogP contribution is -2.10. The summed E-state index contributed by atoms with van der Waals surface area (Å²) in [4.78, 5) is 4.62. The minimum atomic E-state index is 0.305. The van der Waals surface area contributed by atoms with Gasteiger partial charge in [-0.3, -0.25) is 4.99 Å². The zero-order chi connectivity index (χ0) is 14.4. The van der Waals surface area contributed by atoms with E-state index < -0.39 is 0 Å². The van der Waals surface area contributed by atoms with Crippen LogP contribution < -0.4 is 4.74 Å². The Morgan fingerprint density at radius 1 is 1.30 bits per heavy atom. The van der Waals surface area contributed by atoms with Gasteiger partial charge in [-0.15, -0.1) is 0 Å². The summed E-state index contributed by atoms with van der Waals surface area (Å²) in [6.45, 7) is 2.24. The highest BCUT2D eigenvalue weighted by Gasteiger charge is 2.18. The van der Waals surface area contributed by atoms with Gasteiger partial charge in [-0.25, -0.2) is 0 Å². The quantitative estimate of drug-likeness (QED) is 0.490. The zero-order valence-corrected chi connectivity index (χ0v) is 14.4. The first-order chi connectivity index (χ1) is 9.74. The third-order valence-corrected chi connectivity index (χ3v) is 4.38. The SMILES string of the molecule is CCCCCC1=CC=NC1Cc1cc(I)ccc1OC. The van der Waals surface area contributed by atoms with Crippen molar-refractivity contribution >= 4 is 28.8 Å². The summed E-state index contributed by atoms with van der Waals surface area (Å²) >= 11 is 2.35. The van der Waals surface area contributed by atoms with Crippen LogP contribution in [0, 0.1) is 3.57 Å². The molecule has 108 valence electrons. The van der Waals surface area contributed by atoms with E-state index in [1.807, 2.05) is 6.21 Å². The Labute approximate surface area is 135 Å². The van der Waals surface area contributed by atoms with Gasteiger partial charge in [-0.1, -0.05) is 19.8 Å². The standard InChI is InChI=1S/C17H22INO/c1-3-4-5-6-13-9-10-19-16(13)12-14-11-15(18)7-8-17(14)20-2/h7-11,16H,3-6,12H2,1-2H3. The van der Waals surface area contributed by atoms with Crippen molar-refractivity contribution in [1.82, 2.24) is 0 Å². The fourth-order valence-corrected chi connectivity index (χ4v) is 3.13. The van der Waals surface area contributed by atoms with Gasteiger partial charge >= 0.3 is 0 Å². The fourth-order valence-electron chi connectivity index (χ4n) is 2.58. The first kappa shape index (κ1) is 15.5. The second-order valence-corrected chi connectivity index (χ2v) is 6.42. The molecule has 0 radical (unpaired) electrons. The first-order valence-corrected chi connectivity index (χ1v) is 8.37. The Balaban J connectivity index is 2.04. The van der Waals surface area contributed by atoms with E-state index in [1.54, 1.807) is 7.11 Å². The maximum atomic E-state index is 5.47. The predicted molar refractivity (Wildman–Crippen MR) is 93.9 cm³/mol. The second kappa shape index (κ2) is 7.81. The van der Waals surface area contributed by atoms with E-state index in [9.17, 15) is 0 Å². The second-order valence-electron chi connectivity index (χ2n) is 5.17. The van der Waals surface area contributed by atoms with Gasteiger partial charge in [0.1, 0.15) is 5.75 Å². The largest absolute Gasteiger partial charge is 0.496 e. The molecule has 1 heterocycles. The van der Waals surface area contributed by atoms with Crippen molar-refractivity contribution in [1.29, 1.82) is 0 Å². The fraction of sp³-hybridized carbons (Fsp3) is 0.471. The van der Waals surface area contributed by atoms with Crippen molar-refractivity contribution in [3.8, 4) is 5.75 Å². The van der Waals surface area contributed by atoms with Crippen molar-refractivity contribution in [2.24, 2.45) is 4.99 Å². The maximum Gasteiger partial charge on any atom is 0.122 e. The lowest BCUT2D eigenvalue weighted by atomic mass is 9.96. The van der Waals surface area contributed by atoms with Gasteiger partial charge in [0.25, 0.3) is 0 Å². The molecule has 1 aliphatic heterocycles. The molecule has 1 unspecified atom stereocenters. The molecule has 1 aromatic rings. The highest BCUT2D eigenvalue weighted by molar-refractivity contribution is 14.1. The zero-order valence-electron chi connectivity index (χ0n) is 12.2. The lowest BCUT2D eigenvalue weighted by Gasteiger charge is -2.15. The molecule has 0 saturated carbocycles. The Hall–Kier alpha value is -0.840. The summed E-state index contributed by atoms with van der Waals surface area (Å²) in [5.74, 6) is 0.973. The summed E-state index contributed by atoms with van der Waals surface area (Å²) in [5, 5.41) is 0. The van der Waals surface area contributed by atoms with E-state index in [4.69, 9.17) is 4.74 Å². The van der Waals surface area contributed by atoms with Gasteiger partial charge in [0.15, 0.2) is 0 Å². The monoisotopic (exact) mass is 383 g/mol. The van der Waals surface area contributed by atoms with Gasteiger partial charge in [-0.05, 0) is 70.8 Å². The number of hydrogen-bond donors (Lipinski definition) is 0. The third-order valence-electron chi connectivity index (χ3n) is 3.71. The number of ether oxygens (including phenoxy) is 1. The molecular formula is C17H22INO. The normalized spacial score (nSPS) is 17.4. The Morgan fingerprint density at radius 3 is 2.90 bits per heavy atom. The summed E-state index contributed by atoms with van der Waals surface area (Å²) in [6, 6.07) is 6.64. The Kier molecular flexibility index (Phi) is 6.07. The van der Waals surface area contributed by atoms with Crippen LogP contribution in [0.4, 0.5) is 0 Å². The number of hydrogen-bond acceptors (Lipinski definition) is 2. The van der Waals surface area contributed by atoms with Crippen molar-refractivity contribution in [3.05, 3.63) is 39.0 Å². The topological polar surface area (TPSA) is 21.6 Å². The molecule has 2 nitrogen and oxygen atoms in total. The van der Waals surface area contributed by atoms with Crippen LogP contribution in [0.3, 0.4) is 0 Å². The molecule has 0 fully saturated rings.